The van der Waals surface area contributed by atoms with E-state index in [4.69, 9.17) is 10.8 Å². The molecule has 0 bridgehead atoms. The van der Waals surface area contributed by atoms with Gasteiger partial charge in [0, 0.05) is 38.5 Å². The molecule has 0 unspecified atom stereocenters. The predicted molar refractivity (Wildman–Crippen MR) is 36.1 cm³/mol. The van der Waals surface area contributed by atoms with Gasteiger partial charge < -0.3 is 10.8 Å². The van der Waals surface area contributed by atoms with Gasteiger partial charge in [-0.3, -0.25) is 0 Å². The molecule has 1 rings (SSSR count). The minimum Gasteiger partial charge on any atom is -0.532 e. The number of aromatic hydroxyl groups is 1. The molecule has 3 heteroatoms. The molecule has 3 N–H and O–H groups in total. The number of phenolic OH excluding ortho intramolecular Hbond substituents is 1. The molecule has 1 aromatic carbocycles. The van der Waals surface area contributed by atoms with Gasteiger partial charge in [0.1, 0.15) is 0 Å². The Morgan fingerprint density at radius 1 is 1.60 bits per heavy atom. The van der Waals surface area contributed by atoms with Crippen molar-refractivity contribution in [1.29, 1.82) is 0 Å². The molecule has 0 atom stereocenters. The summed E-state index contributed by atoms with van der Waals surface area (Å²) < 4.78 is 0. The van der Waals surface area contributed by atoms with E-state index in [1.807, 2.05) is 6.92 Å². The maximum absolute atomic E-state index is 8.86. The van der Waals surface area contributed by atoms with Gasteiger partial charge in [-0.15, -0.1) is 12.1 Å². The normalized spacial score (nSPS) is 8.50. The quantitative estimate of drug-likeness (QED) is 0.383. The van der Waals surface area contributed by atoms with Gasteiger partial charge >= 0.3 is 0 Å². The molecule has 0 saturated carbocycles. The van der Waals surface area contributed by atoms with Gasteiger partial charge in [-0.25, -0.2) is 0 Å². The second-order valence-electron chi connectivity index (χ2n) is 1.98. The van der Waals surface area contributed by atoms with Gasteiger partial charge in [0.25, 0.3) is 0 Å². The molecule has 0 heterocycles. The zero-order chi connectivity index (χ0) is 6.85. The summed E-state index contributed by atoms with van der Waals surface area (Å²) in [5, 5.41) is 8.86. The third kappa shape index (κ3) is 2.27. The van der Waals surface area contributed by atoms with Gasteiger partial charge in [-0.1, -0.05) is 6.92 Å². The summed E-state index contributed by atoms with van der Waals surface area (Å²) in [6.07, 6.45) is 0. The monoisotopic (exact) mass is 211 g/mol. The number of phenols is 1. The number of anilines is 1. The number of hydrogen-bond acceptors (Lipinski definition) is 2. The first kappa shape index (κ1) is 9.92. The Kier molecular flexibility index (Phi) is 3.91. The van der Waals surface area contributed by atoms with Crippen LogP contribution in [0.25, 0.3) is 0 Å². The van der Waals surface area contributed by atoms with Gasteiger partial charge in [-0.05, 0) is 5.69 Å². The Hall–Kier alpha value is -0.0761. The number of aryl methyl sites for hydroxylation is 1. The zero-order valence-corrected chi connectivity index (χ0v) is 8.59. The summed E-state index contributed by atoms with van der Waals surface area (Å²) in [5.41, 5.74) is 6.73. The molecule has 0 spiro atoms. The van der Waals surface area contributed by atoms with Gasteiger partial charge in [0.05, 0.1) is 0 Å². The van der Waals surface area contributed by atoms with Crippen molar-refractivity contribution in [3.63, 3.8) is 0 Å². The first-order valence-electron chi connectivity index (χ1n) is 2.67. The topological polar surface area (TPSA) is 46.2 Å². The van der Waals surface area contributed by atoms with E-state index >= 15 is 0 Å². The second kappa shape index (κ2) is 3.94. The molecule has 0 aliphatic rings. The first-order valence-corrected chi connectivity index (χ1v) is 2.67. The Labute approximate surface area is 85.3 Å². The zero-order valence-electron chi connectivity index (χ0n) is 5.76. The summed E-state index contributed by atoms with van der Waals surface area (Å²) >= 11 is 0. The van der Waals surface area contributed by atoms with Crippen LogP contribution in [-0.4, -0.2) is 5.11 Å². The maximum Gasteiger partial charge on any atom is 0.0261 e. The van der Waals surface area contributed by atoms with E-state index in [1.54, 1.807) is 12.1 Å². The van der Waals surface area contributed by atoms with Gasteiger partial charge in [0.15, 0.2) is 0 Å². The van der Waals surface area contributed by atoms with Crippen LogP contribution in [-0.2, 0) is 32.7 Å². The molecule has 0 aromatic heterocycles. The van der Waals surface area contributed by atoms with Crippen LogP contribution in [0.1, 0.15) is 5.56 Å². The molecule has 1 aromatic rings. The molecule has 0 fully saturated rings. The van der Waals surface area contributed by atoms with E-state index in [0.717, 1.165) is 5.56 Å². The molecule has 0 aliphatic carbocycles. The summed E-state index contributed by atoms with van der Waals surface area (Å²) in [4.78, 5) is 0. The van der Waals surface area contributed by atoms with Crippen LogP contribution in [0.4, 0.5) is 5.69 Å². The average Bonchev–Trinajstić information content (AvgIpc) is 1.80. The van der Waals surface area contributed by atoms with Crippen LogP contribution in [0, 0.1) is 13.0 Å². The minimum atomic E-state index is 0. The van der Waals surface area contributed by atoms with E-state index in [1.165, 1.54) is 0 Å². The van der Waals surface area contributed by atoms with E-state index in [-0.39, 0.29) is 38.5 Å². The van der Waals surface area contributed by atoms with Crippen LogP contribution in [0.15, 0.2) is 12.1 Å². The standard InChI is InChI=1S/C7H8NO.Y/c1-5-2-3-7(9)6(8)4-5;/h2,4,9H,8H2,1H3;/q-1;. The van der Waals surface area contributed by atoms with Crippen LogP contribution in [0.2, 0.25) is 0 Å². The first-order chi connectivity index (χ1) is 4.20. The third-order valence-corrected chi connectivity index (χ3v) is 1.09. The molecule has 1 radical (unpaired) electrons. The fourth-order valence-corrected chi connectivity index (χ4v) is 0.621. The number of nitrogens with two attached hydrogens (primary N) is 1. The molecule has 2 nitrogen and oxygen atoms in total. The van der Waals surface area contributed by atoms with E-state index < -0.39 is 0 Å². The Balaban J connectivity index is 0.000000810. The largest absolute Gasteiger partial charge is 0.532 e. The van der Waals surface area contributed by atoms with Crippen molar-refractivity contribution in [2.24, 2.45) is 0 Å². The van der Waals surface area contributed by atoms with Gasteiger partial charge in [-0.2, -0.15) is 11.6 Å². The molecule has 0 amide bonds. The minimum absolute atomic E-state index is 0. The predicted octanol–water partition coefficient (Wildman–Crippen LogP) is 1.08. The maximum atomic E-state index is 8.86. The summed E-state index contributed by atoms with van der Waals surface area (Å²) in [7, 11) is 0. The Morgan fingerprint density at radius 3 is 2.60 bits per heavy atom. The van der Waals surface area contributed by atoms with Gasteiger partial charge in [0.2, 0.25) is 0 Å². The Morgan fingerprint density at radius 2 is 2.20 bits per heavy atom. The summed E-state index contributed by atoms with van der Waals surface area (Å²) in [6, 6.07) is 5.98. The summed E-state index contributed by atoms with van der Waals surface area (Å²) in [5.74, 6) is 0.0283. The number of benzene rings is 1. The van der Waals surface area contributed by atoms with Crippen molar-refractivity contribution in [2.45, 2.75) is 6.92 Å². The Bertz CT molecular complexity index is 225. The van der Waals surface area contributed by atoms with Crippen molar-refractivity contribution in [2.75, 3.05) is 5.73 Å². The van der Waals surface area contributed by atoms with Crippen LogP contribution in [0.3, 0.4) is 0 Å². The van der Waals surface area contributed by atoms with Crippen molar-refractivity contribution in [3.8, 4) is 5.75 Å². The fourth-order valence-electron chi connectivity index (χ4n) is 0.621. The smallest absolute Gasteiger partial charge is 0.0261 e. The van der Waals surface area contributed by atoms with E-state index in [0.29, 0.717) is 5.69 Å². The second-order valence-corrected chi connectivity index (χ2v) is 1.98. The van der Waals surface area contributed by atoms with Crippen molar-refractivity contribution >= 4 is 5.69 Å². The third-order valence-electron chi connectivity index (χ3n) is 1.09. The molecular weight excluding hydrogens is 203 g/mol. The van der Waals surface area contributed by atoms with E-state index in [2.05, 4.69) is 6.07 Å². The van der Waals surface area contributed by atoms with Crippen molar-refractivity contribution in [3.05, 3.63) is 23.8 Å². The number of nitrogen functional groups attached to an aromatic ring is 1. The molecule has 0 saturated heterocycles. The summed E-state index contributed by atoms with van der Waals surface area (Å²) in [6.45, 7) is 1.90. The molecular formula is C7H8NOY-. The van der Waals surface area contributed by atoms with Crippen molar-refractivity contribution in [1.82, 2.24) is 0 Å². The molecule has 0 aliphatic heterocycles. The van der Waals surface area contributed by atoms with Crippen molar-refractivity contribution < 1.29 is 37.8 Å². The van der Waals surface area contributed by atoms with Crippen LogP contribution in [0.5, 0.6) is 5.75 Å². The fraction of sp³-hybridized carbons (Fsp3) is 0.143. The number of rotatable bonds is 0. The SMILES string of the molecule is Cc1c[c-]c(O)c(N)c1.[Y]. The molecule has 51 valence electrons. The number of hydrogen-bond donors (Lipinski definition) is 2. The van der Waals surface area contributed by atoms with Crippen LogP contribution < -0.4 is 5.73 Å². The average molecular weight is 211 g/mol. The van der Waals surface area contributed by atoms with Crippen LogP contribution >= 0.6 is 0 Å². The van der Waals surface area contributed by atoms with E-state index in [9.17, 15) is 0 Å². The molecule has 10 heavy (non-hydrogen) atoms.